The largest absolute Gasteiger partial charge is 0.379 e. The molecule has 1 saturated carbocycles. The minimum atomic E-state index is -0.0203. The standard InChI is InChI=1S/C15H24N2OS/c1-14(2,3)12-9-19-13(16-12)15(17-11-5-6-11)7-4-8-18-10-15/h9,11,17H,4-8,10H2,1-3H3. The van der Waals surface area contributed by atoms with Crippen molar-refractivity contribution in [3.63, 3.8) is 0 Å². The van der Waals surface area contributed by atoms with Crippen molar-refractivity contribution in [3.05, 3.63) is 16.1 Å². The van der Waals surface area contributed by atoms with E-state index in [4.69, 9.17) is 9.72 Å². The van der Waals surface area contributed by atoms with Gasteiger partial charge in [-0.1, -0.05) is 20.8 Å². The van der Waals surface area contributed by atoms with Gasteiger partial charge >= 0.3 is 0 Å². The molecule has 0 aromatic carbocycles. The van der Waals surface area contributed by atoms with E-state index in [0.717, 1.165) is 26.1 Å². The Morgan fingerprint density at radius 3 is 2.74 bits per heavy atom. The Morgan fingerprint density at radius 2 is 2.21 bits per heavy atom. The molecule has 1 unspecified atom stereocenters. The summed E-state index contributed by atoms with van der Waals surface area (Å²) in [6, 6.07) is 0.684. The topological polar surface area (TPSA) is 34.1 Å². The van der Waals surface area contributed by atoms with Crippen LogP contribution < -0.4 is 5.32 Å². The molecule has 1 aliphatic carbocycles. The van der Waals surface area contributed by atoms with E-state index in [2.05, 4.69) is 31.5 Å². The number of thiazole rings is 1. The molecule has 1 aromatic rings. The molecule has 2 aliphatic rings. The minimum Gasteiger partial charge on any atom is -0.379 e. The molecule has 1 saturated heterocycles. The molecule has 4 heteroatoms. The molecule has 1 atom stereocenters. The van der Waals surface area contributed by atoms with Crippen LogP contribution in [0.3, 0.4) is 0 Å². The first-order chi connectivity index (χ1) is 9.00. The lowest BCUT2D eigenvalue weighted by Crippen LogP contribution is -2.49. The maximum Gasteiger partial charge on any atom is 0.115 e. The fourth-order valence-electron chi connectivity index (χ4n) is 2.60. The van der Waals surface area contributed by atoms with Gasteiger partial charge in [0, 0.05) is 23.4 Å². The Labute approximate surface area is 119 Å². The van der Waals surface area contributed by atoms with Gasteiger partial charge in [0.2, 0.25) is 0 Å². The summed E-state index contributed by atoms with van der Waals surface area (Å²) in [7, 11) is 0. The summed E-state index contributed by atoms with van der Waals surface area (Å²) in [6.45, 7) is 8.35. The van der Waals surface area contributed by atoms with Gasteiger partial charge in [-0.3, -0.25) is 0 Å². The van der Waals surface area contributed by atoms with Crippen LogP contribution in [0.4, 0.5) is 0 Å². The van der Waals surface area contributed by atoms with E-state index in [1.54, 1.807) is 11.3 Å². The molecule has 3 nitrogen and oxygen atoms in total. The third-order valence-corrected chi connectivity index (χ3v) is 5.03. The summed E-state index contributed by atoms with van der Waals surface area (Å²) >= 11 is 1.80. The summed E-state index contributed by atoms with van der Waals surface area (Å²) in [6.07, 6.45) is 4.89. The van der Waals surface area contributed by atoms with Crippen molar-refractivity contribution < 1.29 is 4.74 Å². The van der Waals surface area contributed by atoms with Crippen molar-refractivity contribution in [1.29, 1.82) is 0 Å². The number of hydrogen-bond acceptors (Lipinski definition) is 4. The van der Waals surface area contributed by atoms with Gasteiger partial charge in [-0.2, -0.15) is 0 Å². The fraction of sp³-hybridized carbons (Fsp3) is 0.800. The van der Waals surface area contributed by atoms with Crippen LogP contribution in [-0.2, 0) is 15.7 Å². The number of hydrogen-bond donors (Lipinski definition) is 1. The SMILES string of the molecule is CC(C)(C)c1csc(C2(NC3CC3)CCCOC2)n1. The maximum absolute atomic E-state index is 5.77. The van der Waals surface area contributed by atoms with Gasteiger partial charge in [-0.05, 0) is 25.7 Å². The van der Waals surface area contributed by atoms with Crippen molar-refractivity contribution in [2.24, 2.45) is 0 Å². The normalized spacial score (nSPS) is 28.6. The van der Waals surface area contributed by atoms with Crippen LogP contribution in [0.1, 0.15) is 57.2 Å². The van der Waals surface area contributed by atoms with Crippen LogP contribution >= 0.6 is 11.3 Å². The molecule has 19 heavy (non-hydrogen) atoms. The van der Waals surface area contributed by atoms with Gasteiger partial charge in [0.25, 0.3) is 0 Å². The number of ether oxygens (including phenoxy) is 1. The summed E-state index contributed by atoms with van der Waals surface area (Å²) in [5.74, 6) is 0. The molecule has 1 N–H and O–H groups in total. The summed E-state index contributed by atoms with van der Waals surface area (Å²) < 4.78 is 5.77. The first kappa shape index (κ1) is 13.5. The summed E-state index contributed by atoms with van der Waals surface area (Å²) in [5.41, 5.74) is 1.31. The van der Waals surface area contributed by atoms with Crippen LogP contribution in [0, 0.1) is 0 Å². The Hall–Kier alpha value is -0.450. The second kappa shape index (κ2) is 4.83. The van der Waals surface area contributed by atoms with Crippen molar-refractivity contribution >= 4 is 11.3 Å². The third-order valence-electron chi connectivity index (χ3n) is 3.98. The van der Waals surface area contributed by atoms with Crippen LogP contribution in [0.15, 0.2) is 5.38 Å². The lowest BCUT2D eigenvalue weighted by Gasteiger charge is -2.36. The molecule has 106 valence electrons. The predicted molar refractivity (Wildman–Crippen MR) is 78.7 cm³/mol. The van der Waals surface area contributed by atoms with E-state index in [1.165, 1.54) is 23.5 Å². The van der Waals surface area contributed by atoms with E-state index in [9.17, 15) is 0 Å². The first-order valence-electron chi connectivity index (χ1n) is 7.32. The maximum atomic E-state index is 5.77. The highest BCUT2D eigenvalue weighted by molar-refractivity contribution is 7.09. The Kier molecular flexibility index (Phi) is 3.44. The molecule has 3 rings (SSSR count). The monoisotopic (exact) mass is 280 g/mol. The molecule has 0 radical (unpaired) electrons. The van der Waals surface area contributed by atoms with Crippen molar-refractivity contribution in [1.82, 2.24) is 10.3 Å². The zero-order valence-electron chi connectivity index (χ0n) is 12.2. The van der Waals surface area contributed by atoms with Crippen molar-refractivity contribution in [3.8, 4) is 0 Å². The van der Waals surface area contributed by atoms with Crippen molar-refractivity contribution in [2.75, 3.05) is 13.2 Å². The number of rotatable bonds is 3. The quantitative estimate of drug-likeness (QED) is 0.923. The number of nitrogens with one attached hydrogen (secondary N) is 1. The second-order valence-electron chi connectivity index (χ2n) is 6.94. The smallest absolute Gasteiger partial charge is 0.115 e. The average molecular weight is 280 g/mol. The van der Waals surface area contributed by atoms with Crippen LogP contribution in [-0.4, -0.2) is 24.2 Å². The zero-order chi connectivity index (χ0) is 13.5. The van der Waals surface area contributed by atoms with E-state index in [1.807, 2.05) is 0 Å². The van der Waals surface area contributed by atoms with Crippen LogP contribution in [0.5, 0.6) is 0 Å². The number of nitrogens with zero attached hydrogens (tertiary/aromatic N) is 1. The molecule has 0 spiro atoms. The van der Waals surface area contributed by atoms with Gasteiger partial charge in [-0.15, -0.1) is 11.3 Å². The molecule has 0 amide bonds. The first-order valence-corrected chi connectivity index (χ1v) is 8.19. The second-order valence-corrected chi connectivity index (χ2v) is 7.80. The Morgan fingerprint density at radius 1 is 1.42 bits per heavy atom. The average Bonchev–Trinajstić information content (AvgIpc) is 3.01. The Bertz CT molecular complexity index is 439. The zero-order valence-corrected chi connectivity index (χ0v) is 13.0. The van der Waals surface area contributed by atoms with Gasteiger partial charge in [0.05, 0.1) is 17.8 Å². The summed E-state index contributed by atoms with van der Waals surface area (Å²) in [5, 5.41) is 7.26. The van der Waals surface area contributed by atoms with Crippen molar-refractivity contribution in [2.45, 2.75) is 63.5 Å². The summed E-state index contributed by atoms with van der Waals surface area (Å²) in [4.78, 5) is 4.93. The highest BCUT2D eigenvalue weighted by Gasteiger charge is 2.42. The highest BCUT2D eigenvalue weighted by atomic mass is 32.1. The van der Waals surface area contributed by atoms with E-state index < -0.39 is 0 Å². The fourth-order valence-corrected chi connectivity index (χ4v) is 3.82. The highest BCUT2D eigenvalue weighted by Crippen LogP contribution is 2.37. The molecular formula is C15H24N2OS. The van der Waals surface area contributed by atoms with Crippen LogP contribution in [0.25, 0.3) is 0 Å². The molecule has 1 aliphatic heterocycles. The predicted octanol–water partition coefficient (Wildman–Crippen LogP) is 3.20. The number of aromatic nitrogens is 1. The van der Waals surface area contributed by atoms with E-state index >= 15 is 0 Å². The van der Waals surface area contributed by atoms with E-state index in [0.29, 0.717) is 6.04 Å². The van der Waals surface area contributed by atoms with Gasteiger partial charge in [0.15, 0.2) is 0 Å². The van der Waals surface area contributed by atoms with Gasteiger partial charge in [0.1, 0.15) is 5.01 Å². The van der Waals surface area contributed by atoms with E-state index in [-0.39, 0.29) is 11.0 Å². The molecule has 2 fully saturated rings. The van der Waals surface area contributed by atoms with Gasteiger partial charge in [-0.25, -0.2) is 4.98 Å². The molecular weight excluding hydrogens is 256 g/mol. The minimum absolute atomic E-state index is 0.0203. The third kappa shape index (κ3) is 2.86. The molecule has 1 aromatic heterocycles. The molecule has 0 bridgehead atoms. The van der Waals surface area contributed by atoms with Crippen LogP contribution in [0.2, 0.25) is 0 Å². The Balaban J connectivity index is 1.87. The lowest BCUT2D eigenvalue weighted by atomic mass is 9.91. The van der Waals surface area contributed by atoms with Gasteiger partial charge < -0.3 is 10.1 Å². The lowest BCUT2D eigenvalue weighted by molar-refractivity contribution is 0.0169. The molecule has 2 heterocycles.